The number of hydrogen-bond donors (Lipinski definition) is 1. The van der Waals surface area contributed by atoms with Gasteiger partial charge in [-0.25, -0.2) is 4.98 Å². The summed E-state index contributed by atoms with van der Waals surface area (Å²) < 4.78 is 2.08. The topological polar surface area (TPSA) is 29.9 Å². The first-order valence-electron chi connectivity index (χ1n) is 6.43. The Morgan fingerprint density at radius 3 is 2.94 bits per heavy atom. The van der Waals surface area contributed by atoms with E-state index in [4.69, 9.17) is 0 Å². The lowest BCUT2D eigenvalue weighted by molar-refractivity contribution is 0.247. The molecule has 1 aliphatic rings. The molecule has 1 aromatic rings. The molecule has 2 atom stereocenters. The van der Waals surface area contributed by atoms with Gasteiger partial charge in [0.15, 0.2) is 0 Å². The Kier molecular flexibility index (Phi) is 3.99. The Morgan fingerprint density at radius 1 is 1.44 bits per heavy atom. The van der Waals surface area contributed by atoms with Crippen molar-refractivity contribution in [2.24, 2.45) is 18.9 Å². The Bertz CT molecular complexity index is 319. The van der Waals surface area contributed by atoms with Crippen LogP contribution in [0.4, 0.5) is 0 Å². The summed E-state index contributed by atoms with van der Waals surface area (Å²) in [5, 5.41) is 3.57. The number of nitrogens with zero attached hydrogens (tertiary/aromatic N) is 2. The monoisotopic (exact) mass is 221 g/mol. The minimum Gasteiger partial charge on any atom is -0.337 e. The van der Waals surface area contributed by atoms with Crippen LogP contribution in [0.2, 0.25) is 0 Å². The molecule has 3 heteroatoms. The predicted octanol–water partition coefficient (Wildman–Crippen LogP) is 2.34. The maximum Gasteiger partial charge on any atom is 0.0945 e. The van der Waals surface area contributed by atoms with Crippen molar-refractivity contribution in [2.45, 2.75) is 39.2 Å². The van der Waals surface area contributed by atoms with E-state index in [1.165, 1.54) is 31.4 Å². The van der Waals surface area contributed by atoms with Gasteiger partial charge in [-0.3, -0.25) is 0 Å². The van der Waals surface area contributed by atoms with Crippen LogP contribution in [-0.2, 0) is 13.6 Å². The molecule has 0 spiro atoms. The molecule has 2 rings (SSSR count). The summed E-state index contributed by atoms with van der Waals surface area (Å²) in [6, 6.07) is 0. The summed E-state index contributed by atoms with van der Waals surface area (Å²) in [5.41, 5.74) is 1.27. The van der Waals surface area contributed by atoms with E-state index in [0.29, 0.717) is 0 Å². The van der Waals surface area contributed by atoms with Crippen molar-refractivity contribution in [3.63, 3.8) is 0 Å². The first kappa shape index (κ1) is 11.6. The first-order chi connectivity index (χ1) is 7.77. The fourth-order valence-corrected chi connectivity index (χ4v) is 2.64. The molecule has 1 N–H and O–H groups in total. The maximum atomic E-state index is 4.13. The van der Waals surface area contributed by atoms with Gasteiger partial charge in [-0.2, -0.15) is 0 Å². The average Bonchev–Trinajstić information content (AvgIpc) is 2.67. The number of rotatable bonds is 4. The lowest BCUT2D eigenvalue weighted by Crippen LogP contribution is -2.29. The Hall–Kier alpha value is -0.830. The molecule has 0 saturated heterocycles. The number of nitrogens with one attached hydrogen (secondary N) is 1. The van der Waals surface area contributed by atoms with Crippen molar-refractivity contribution in [3.05, 3.63) is 18.2 Å². The van der Waals surface area contributed by atoms with Crippen molar-refractivity contribution < 1.29 is 0 Å². The molecule has 0 aromatic carbocycles. The maximum absolute atomic E-state index is 4.13. The number of imidazole rings is 1. The van der Waals surface area contributed by atoms with Crippen molar-refractivity contribution in [1.29, 1.82) is 0 Å². The molecule has 3 nitrogen and oxygen atoms in total. The highest BCUT2D eigenvalue weighted by atomic mass is 15.0. The van der Waals surface area contributed by atoms with Crippen LogP contribution in [-0.4, -0.2) is 16.1 Å². The molecular weight excluding hydrogens is 198 g/mol. The van der Waals surface area contributed by atoms with E-state index in [2.05, 4.69) is 21.8 Å². The fraction of sp³-hybridized carbons (Fsp3) is 0.769. The molecule has 0 amide bonds. The normalized spacial score (nSPS) is 25.9. The molecule has 90 valence electrons. The van der Waals surface area contributed by atoms with Gasteiger partial charge in [0.25, 0.3) is 0 Å². The van der Waals surface area contributed by atoms with Gasteiger partial charge in [0.2, 0.25) is 0 Å². The van der Waals surface area contributed by atoms with Crippen LogP contribution in [0.25, 0.3) is 0 Å². The quantitative estimate of drug-likeness (QED) is 0.845. The van der Waals surface area contributed by atoms with E-state index in [0.717, 1.165) is 24.9 Å². The highest BCUT2D eigenvalue weighted by molar-refractivity contribution is 4.96. The van der Waals surface area contributed by atoms with E-state index in [1.54, 1.807) is 0 Å². The van der Waals surface area contributed by atoms with Crippen molar-refractivity contribution in [3.8, 4) is 0 Å². The fourth-order valence-electron chi connectivity index (χ4n) is 2.64. The molecular formula is C13H23N3. The molecule has 2 unspecified atom stereocenters. The van der Waals surface area contributed by atoms with Gasteiger partial charge in [0.05, 0.1) is 12.0 Å². The molecule has 1 aromatic heterocycles. The lowest BCUT2D eigenvalue weighted by Gasteiger charge is -2.28. The van der Waals surface area contributed by atoms with Crippen LogP contribution in [0.15, 0.2) is 12.5 Å². The highest BCUT2D eigenvalue weighted by Crippen LogP contribution is 2.28. The standard InChI is InChI=1S/C13H23N3/c1-11-5-3-4-6-12(11)7-14-8-13-9-15-10-16(13)2/h9-12,14H,3-8H2,1-2H3. The average molecular weight is 221 g/mol. The zero-order valence-corrected chi connectivity index (χ0v) is 10.4. The first-order valence-corrected chi connectivity index (χ1v) is 6.43. The zero-order chi connectivity index (χ0) is 11.4. The third kappa shape index (κ3) is 2.85. The van der Waals surface area contributed by atoms with Crippen LogP contribution in [0.5, 0.6) is 0 Å². The van der Waals surface area contributed by atoms with E-state index in [9.17, 15) is 0 Å². The van der Waals surface area contributed by atoms with Gasteiger partial charge in [-0.15, -0.1) is 0 Å². The Balaban J connectivity index is 1.73. The van der Waals surface area contributed by atoms with E-state index in [1.807, 2.05) is 19.6 Å². The van der Waals surface area contributed by atoms with Gasteiger partial charge in [-0.05, 0) is 24.8 Å². The van der Waals surface area contributed by atoms with Crippen LogP contribution in [0, 0.1) is 11.8 Å². The van der Waals surface area contributed by atoms with E-state index in [-0.39, 0.29) is 0 Å². The summed E-state index contributed by atoms with van der Waals surface area (Å²) in [6.07, 6.45) is 9.47. The van der Waals surface area contributed by atoms with Crippen LogP contribution in [0.1, 0.15) is 38.3 Å². The van der Waals surface area contributed by atoms with E-state index < -0.39 is 0 Å². The molecule has 0 radical (unpaired) electrons. The molecule has 0 aliphatic heterocycles. The molecule has 1 aliphatic carbocycles. The summed E-state index contributed by atoms with van der Waals surface area (Å²) >= 11 is 0. The number of hydrogen-bond acceptors (Lipinski definition) is 2. The Morgan fingerprint density at radius 2 is 2.25 bits per heavy atom. The van der Waals surface area contributed by atoms with Crippen molar-refractivity contribution >= 4 is 0 Å². The molecule has 1 heterocycles. The largest absolute Gasteiger partial charge is 0.337 e. The van der Waals surface area contributed by atoms with Gasteiger partial charge in [0, 0.05) is 19.8 Å². The second kappa shape index (κ2) is 5.48. The third-order valence-corrected chi connectivity index (χ3v) is 3.92. The van der Waals surface area contributed by atoms with Crippen molar-refractivity contribution in [1.82, 2.24) is 14.9 Å². The van der Waals surface area contributed by atoms with Gasteiger partial charge >= 0.3 is 0 Å². The van der Waals surface area contributed by atoms with Gasteiger partial charge < -0.3 is 9.88 Å². The lowest BCUT2D eigenvalue weighted by atomic mass is 9.80. The van der Waals surface area contributed by atoms with Gasteiger partial charge in [0.1, 0.15) is 0 Å². The predicted molar refractivity (Wildman–Crippen MR) is 66.0 cm³/mol. The van der Waals surface area contributed by atoms with Gasteiger partial charge in [-0.1, -0.05) is 26.2 Å². The molecule has 0 bridgehead atoms. The summed E-state index contributed by atoms with van der Waals surface area (Å²) in [6.45, 7) is 4.50. The second-order valence-electron chi connectivity index (χ2n) is 5.15. The third-order valence-electron chi connectivity index (χ3n) is 3.92. The van der Waals surface area contributed by atoms with Crippen LogP contribution < -0.4 is 5.32 Å². The number of aromatic nitrogens is 2. The summed E-state index contributed by atoms with van der Waals surface area (Å²) in [5.74, 6) is 1.77. The summed E-state index contributed by atoms with van der Waals surface area (Å²) in [4.78, 5) is 4.13. The minimum atomic E-state index is 0.877. The summed E-state index contributed by atoms with van der Waals surface area (Å²) in [7, 11) is 2.05. The second-order valence-corrected chi connectivity index (χ2v) is 5.15. The smallest absolute Gasteiger partial charge is 0.0945 e. The van der Waals surface area contributed by atoms with Crippen molar-refractivity contribution in [2.75, 3.05) is 6.54 Å². The zero-order valence-electron chi connectivity index (χ0n) is 10.4. The van der Waals surface area contributed by atoms with E-state index >= 15 is 0 Å². The van der Waals surface area contributed by atoms with Crippen LogP contribution in [0.3, 0.4) is 0 Å². The molecule has 1 saturated carbocycles. The minimum absolute atomic E-state index is 0.877. The highest BCUT2D eigenvalue weighted by Gasteiger charge is 2.20. The SMILES string of the molecule is CC1CCCCC1CNCc1cncn1C. The Labute approximate surface area is 98.3 Å². The van der Waals surface area contributed by atoms with Crippen LogP contribution >= 0.6 is 0 Å². The number of aryl methyl sites for hydroxylation is 1. The molecule has 16 heavy (non-hydrogen) atoms. The molecule has 1 fully saturated rings.